The van der Waals surface area contributed by atoms with Gasteiger partial charge >= 0.3 is 0 Å². The van der Waals surface area contributed by atoms with Crippen LogP contribution in [0.2, 0.25) is 10.0 Å². The minimum Gasteiger partial charge on any atom is -0.342 e. The molecule has 19 heavy (non-hydrogen) atoms. The van der Waals surface area contributed by atoms with Gasteiger partial charge in [0, 0.05) is 18.0 Å². The highest BCUT2D eigenvalue weighted by Crippen LogP contribution is 2.33. The number of nitrogens with two attached hydrogens (primary N) is 1. The van der Waals surface area contributed by atoms with Crippen LogP contribution in [0.15, 0.2) is 24.4 Å². The van der Waals surface area contributed by atoms with Crippen molar-refractivity contribution >= 4 is 23.2 Å². The summed E-state index contributed by atoms with van der Waals surface area (Å²) >= 11 is 12.2. The molecule has 0 amide bonds. The van der Waals surface area contributed by atoms with Crippen LogP contribution in [-0.2, 0) is 0 Å². The molecule has 1 unspecified atom stereocenters. The summed E-state index contributed by atoms with van der Waals surface area (Å²) in [5.74, 6) is 1.17. The summed E-state index contributed by atoms with van der Waals surface area (Å²) in [4.78, 5) is 7.71. The maximum Gasteiger partial charge on any atom is 0.110 e. The van der Waals surface area contributed by atoms with Gasteiger partial charge < -0.3 is 10.7 Å². The molecule has 3 nitrogen and oxygen atoms in total. The standard InChI is InChI=1S/C14H17Cl2N3/c1-2-4-9(7-17)14-18-8-12(19-14)10-5-3-6-11(15)13(10)16/h3,5-6,8-9H,2,4,7,17H2,1H3,(H,18,19). The van der Waals surface area contributed by atoms with Gasteiger partial charge in [-0.15, -0.1) is 0 Å². The molecule has 0 bridgehead atoms. The molecule has 5 heteroatoms. The Kier molecular flexibility index (Phi) is 4.86. The molecule has 0 aliphatic heterocycles. The molecule has 1 atom stereocenters. The van der Waals surface area contributed by atoms with Gasteiger partial charge in [-0.05, 0) is 12.5 Å². The molecule has 0 fully saturated rings. The summed E-state index contributed by atoms with van der Waals surface area (Å²) in [5, 5.41) is 1.08. The normalized spacial score (nSPS) is 12.6. The van der Waals surface area contributed by atoms with Crippen molar-refractivity contribution in [2.24, 2.45) is 5.73 Å². The Labute approximate surface area is 123 Å². The van der Waals surface area contributed by atoms with Crippen molar-refractivity contribution in [3.8, 4) is 11.3 Å². The fourth-order valence-corrected chi connectivity index (χ4v) is 2.51. The molecule has 0 radical (unpaired) electrons. The van der Waals surface area contributed by atoms with Crippen molar-refractivity contribution in [3.63, 3.8) is 0 Å². The number of hydrogen-bond donors (Lipinski definition) is 2. The Morgan fingerprint density at radius 3 is 2.84 bits per heavy atom. The quantitative estimate of drug-likeness (QED) is 0.868. The van der Waals surface area contributed by atoms with Crippen LogP contribution in [0.5, 0.6) is 0 Å². The Bertz CT molecular complexity index is 551. The van der Waals surface area contributed by atoms with Crippen LogP contribution in [-0.4, -0.2) is 16.5 Å². The van der Waals surface area contributed by atoms with Crippen LogP contribution in [0.25, 0.3) is 11.3 Å². The predicted molar refractivity (Wildman–Crippen MR) is 80.7 cm³/mol. The second-order valence-electron chi connectivity index (χ2n) is 4.50. The summed E-state index contributed by atoms with van der Waals surface area (Å²) < 4.78 is 0. The van der Waals surface area contributed by atoms with Gasteiger partial charge in [0.05, 0.1) is 21.9 Å². The fraction of sp³-hybridized carbons (Fsp3) is 0.357. The number of H-pyrrole nitrogens is 1. The lowest BCUT2D eigenvalue weighted by atomic mass is 10.0. The zero-order valence-corrected chi connectivity index (χ0v) is 12.3. The van der Waals surface area contributed by atoms with Gasteiger partial charge in [0.2, 0.25) is 0 Å². The van der Waals surface area contributed by atoms with Crippen LogP contribution in [0.1, 0.15) is 31.5 Å². The SMILES string of the molecule is CCCC(CN)c1ncc(-c2cccc(Cl)c2Cl)[nH]1. The predicted octanol–water partition coefficient (Wildman–Crippen LogP) is 4.23. The third-order valence-corrected chi connectivity index (χ3v) is 3.96. The summed E-state index contributed by atoms with van der Waals surface area (Å²) in [6.07, 6.45) is 3.88. The van der Waals surface area contributed by atoms with Gasteiger partial charge in [0.15, 0.2) is 0 Å². The summed E-state index contributed by atoms with van der Waals surface area (Å²) in [6.45, 7) is 2.73. The third kappa shape index (κ3) is 3.11. The zero-order valence-electron chi connectivity index (χ0n) is 10.8. The molecule has 1 aromatic carbocycles. The van der Waals surface area contributed by atoms with Crippen LogP contribution in [0, 0.1) is 0 Å². The molecular formula is C14H17Cl2N3. The minimum atomic E-state index is 0.261. The summed E-state index contributed by atoms with van der Waals surface area (Å²) in [7, 11) is 0. The number of benzene rings is 1. The van der Waals surface area contributed by atoms with E-state index in [1.807, 2.05) is 12.1 Å². The van der Waals surface area contributed by atoms with Crippen molar-refractivity contribution in [2.75, 3.05) is 6.54 Å². The lowest BCUT2D eigenvalue weighted by Gasteiger charge is -2.10. The number of aromatic amines is 1. The van der Waals surface area contributed by atoms with E-state index in [1.54, 1.807) is 12.3 Å². The largest absolute Gasteiger partial charge is 0.342 e. The molecule has 0 aliphatic rings. The lowest BCUT2D eigenvalue weighted by molar-refractivity contribution is 0.595. The van der Waals surface area contributed by atoms with Crippen LogP contribution in [0.3, 0.4) is 0 Å². The van der Waals surface area contributed by atoms with E-state index in [2.05, 4.69) is 16.9 Å². The number of aromatic nitrogens is 2. The van der Waals surface area contributed by atoms with Gasteiger partial charge in [-0.1, -0.05) is 48.7 Å². The lowest BCUT2D eigenvalue weighted by Crippen LogP contribution is -2.13. The second kappa shape index (κ2) is 6.42. The Balaban J connectivity index is 2.32. The first-order valence-electron chi connectivity index (χ1n) is 6.36. The molecule has 0 aliphatic carbocycles. The number of halogens is 2. The van der Waals surface area contributed by atoms with Gasteiger partial charge in [0.1, 0.15) is 5.82 Å². The summed E-state index contributed by atoms with van der Waals surface area (Å²) in [6, 6.07) is 5.56. The molecule has 0 spiro atoms. The first-order valence-corrected chi connectivity index (χ1v) is 7.12. The topological polar surface area (TPSA) is 54.7 Å². The van der Waals surface area contributed by atoms with E-state index in [4.69, 9.17) is 28.9 Å². The average molecular weight is 298 g/mol. The number of imidazole rings is 1. The van der Waals surface area contributed by atoms with Crippen molar-refractivity contribution in [1.29, 1.82) is 0 Å². The highest BCUT2D eigenvalue weighted by molar-refractivity contribution is 6.43. The molecule has 2 aromatic rings. The van der Waals surface area contributed by atoms with Crippen molar-refractivity contribution < 1.29 is 0 Å². The summed E-state index contributed by atoms with van der Waals surface area (Å²) in [5.41, 5.74) is 7.52. The van der Waals surface area contributed by atoms with Crippen molar-refractivity contribution in [3.05, 3.63) is 40.3 Å². The molecule has 1 aromatic heterocycles. The van der Waals surface area contributed by atoms with E-state index in [9.17, 15) is 0 Å². The molecule has 1 heterocycles. The number of rotatable bonds is 5. The van der Waals surface area contributed by atoms with E-state index in [0.717, 1.165) is 29.9 Å². The van der Waals surface area contributed by atoms with Crippen LogP contribution in [0.4, 0.5) is 0 Å². The highest BCUT2D eigenvalue weighted by atomic mass is 35.5. The molecule has 0 saturated heterocycles. The number of hydrogen-bond acceptors (Lipinski definition) is 2. The van der Waals surface area contributed by atoms with E-state index in [-0.39, 0.29) is 5.92 Å². The van der Waals surface area contributed by atoms with Gasteiger partial charge in [-0.25, -0.2) is 4.98 Å². The fourth-order valence-electron chi connectivity index (χ4n) is 2.11. The number of nitrogens with one attached hydrogen (secondary N) is 1. The van der Waals surface area contributed by atoms with E-state index in [1.165, 1.54) is 0 Å². The van der Waals surface area contributed by atoms with Crippen LogP contribution < -0.4 is 5.73 Å². The minimum absolute atomic E-state index is 0.261. The maximum atomic E-state index is 6.21. The zero-order chi connectivity index (χ0) is 13.8. The van der Waals surface area contributed by atoms with Crippen LogP contribution >= 0.6 is 23.2 Å². The molecule has 2 rings (SSSR count). The van der Waals surface area contributed by atoms with Gasteiger partial charge in [-0.3, -0.25) is 0 Å². The van der Waals surface area contributed by atoms with Gasteiger partial charge in [-0.2, -0.15) is 0 Å². The van der Waals surface area contributed by atoms with Gasteiger partial charge in [0.25, 0.3) is 0 Å². The smallest absolute Gasteiger partial charge is 0.110 e. The molecular weight excluding hydrogens is 281 g/mol. The molecule has 3 N–H and O–H groups in total. The molecule has 102 valence electrons. The van der Waals surface area contributed by atoms with E-state index < -0.39 is 0 Å². The number of nitrogens with zero attached hydrogens (tertiary/aromatic N) is 1. The third-order valence-electron chi connectivity index (χ3n) is 3.15. The van der Waals surface area contributed by atoms with E-state index >= 15 is 0 Å². The Hall–Kier alpha value is -1.03. The molecule has 0 saturated carbocycles. The van der Waals surface area contributed by atoms with Crippen molar-refractivity contribution in [2.45, 2.75) is 25.7 Å². The first kappa shape index (κ1) is 14.4. The average Bonchev–Trinajstić information content (AvgIpc) is 2.88. The maximum absolute atomic E-state index is 6.21. The van der Waals surface area contributed by atoms with E-state index in [0.29, 0.717) is 16.6 Å². The Morgan fingerprint density at radius 2 is 2.16 bits per heavy atom. The highest BCUT2D eigenvalue weighted by Gasteiger charge is 2.15. The Morgan fingerprint density at radius 1 is 1.37 bits per heavy atom. The second-order valence-corrected chi connectivity index (χ2v) is 5.29. The van der Waals surface area contributed by atoms with Crippen molar-refractivity contribution in [1.82, 2.24) is 9.97 Å². The first-order chi connectivity index (χ1) is 9.17. The monoisotopic (exact) mass is 297 g/mol.